The molecule has 6 heteroatoms. The van der Waals surface area contributed by atoms with Crippen molar-refractivity contribution in [1.82, 2.24) is 0 Å². The van der Waals surface area contributed by atoms with Gasteiger partial charge in [-0.15, -0.1) is 0 Å². The molecule has 0 fully saturated rings. The molecule has 0 saturated heterocycles. The Morgan fingerprint density at radius 2 is 1.88 bits per heavy atom. The van der Waals surface area contributed by atoms with Crippen molar-refractivity contribution in [3.8, 4) is 0 Å². The average Bonchev–Trinajstić information content (AvgIpc) is 2.81. The number of Topliss-reactive ketones (excluding diaryl/α,β-unsaturated/α-hetero) is 2. The molecule has 24 heavy (non-hydrogen) atoms. The Morgan fingerprint density at radius 1 is 1.17 bits per heavy atom. The number of nitro groups is 1. The van der Waals surface area contributed by atoms with Crippen LogP contribution in [0.2, 0.25) is 0 Å². The number of aryl methyl sites for hydroxylation is 1. The predicted molar refractivity (Wildman–Crippen MR) is 89.0 cm³/mol. The van der Waals surface area contributed by atoms with E-state index in [0.29, 0.717) is 17.0 Å². The molecule has 0 radical (unpaired) electrons. The summed E-state index contributed by atoms with van der Waals surface area (Å²) in [6.45, 7) is 3.21. The van der Waals surface area contributed by atoms with Gasteiger partial charge in [-0.3, -0.25) is 24.7 Å². The highest BCUT2D eigenvalue weighted by molar-refractivity contribution is 6.37. The summed E-state index contributed by atoms with van der Waals surface area (Å²) in [5, 5.41) is 10.9. The van der Waals surface area contributed by atoms with Crippen molar-refractivity contribution in [2.24, 2.45) is 10.9 Å². The zero-order valence-electron chi connectivity index (χ0n) is 13.1. The molecule has 2 aromatic carbocycles. The van der Waals surface area contributed by atoms with Gasteiger partial charge >= 0.3 is 0 Å². The number of hydrogen-bond donors (Lipinski definition) is 0. The maximum absolute atomic E-state index is 12.6. The Bertz CT molecular complexity index is 915. The Morgan fingerprint density at radius 3 is 2.50 bits per heavy atom. The average molecular weight is 322 g/mol. The molecule has 0 N–H and O–H groups in total. The van der Waals surface area contributed by atoms with E-state index in [-0.39, 0.29) is 17.0 Å². The summed E-state index contributed by atoms with van der Waals surface area (Å²) in [5.74, 6) is -1.78. The number of hydrogen-bond acceptors (Lipinski definition) is 5. The Kier molecular flexibility index (Phi) is 3.81. The molecule has 1 unspecified atom stereocenters. The topological polar surface area (TPSA) is 89.6 Å². The van der Waals surface area contributed by atoms with Gasteiger partial charge in [0.15, 0.2) is 5.78 Å². The van der Waals surface area contributed by atoms with Gasteiger partial charge in [-0.2, -0.15) is 0 Å². The normalized spacial score (nSPS) is 17.8. The highest BCUT2D eigenvalue weighted by Gasteiger charge is 2.40. The monoisotopic (exact) mass is 322 g/mol. The molecule has 1 atom stereocenters. The van der Waals surface area contributed by atoms with Crippen LogP contribution >= 0.6 is 0 Å². The van der Waals surface area contributed by atoms with Crippen LogP contribution in [0.3, 0.4) is 0 Å². The highest BCUT2D eigenvalue weighted by atomic mass is 16.6. The van der Waals surface area contributed by atoms with E-state index in [1.54, 1.807) is 6.07 Å². The second-order valence-corrected chi connectivity index (χ2v) is 5.68. The predicted octanol–water partition coefficient (Wildman–Crippen LogP) is 3.43. The summed E-state index contributed by atoms with van der Waals surface area (Å²) < 4.78 is 0. The quantitative estimate of drug-likeness (QED) is 0.492. The third-order valence-electron chi connectivity index (χ3n) is 4.05. The number of non-ortho nitro benzene ring substituents is 1. The minimum atomic E-state index is -1.01. The van der Waals surface area contributed by atoms with Gasteiger partial charge < -0.3 is 0 Å². The molecule has 0 heterocycles. The third kappa shape index (κ3) is 2.52. The lowest BCUT2D eigenvalue weighted by Gasteiger charge is -2.07. The van der Waals surface area contributed by atoms with Crippen molar-refractivity contribution in [3.63, 3.8) is 0 Å². The molecular formula is C18H14N2O4. The minimum absolute atomic E-state index is 0.178. The lowest BCUT2D eigenvalue weighted by atomic mass is 9.98. The summed E-state index contributed by atoms with van der Waals surface area (Å²) in [6.07, 6.45) is 0. The first-order chi connectivity index (χ1) is 11.4. The van der Waals surface area contributed by atoms with E-state index in [9.17, 15) is 19.7 Å². The van der Waals surface area contributed by atoms with Crippen LogP contribution in [0.4, 0.5) is 11.4 Å². The first-order valence-corrected chi connectivity index (χ1v) is 7.38. The SMILES string of the molecule is CC(=O)C1C(=O)c2cc([N+](=O)[O-])ccc2C1=Nc1ccccc1C. The van der Waals surface area contributed by atoms with E-state index in [2.05, 4.69) is 4.99 Å². The van der Waals surface area contributed by atoms with Gasteiger partial charge in [-0.05, 0) is 31.5 Å². The van der Waals surface area contributed by atoms with Crippen LogP contribution in [0.5, 0.6) is 0 Å². The third-order valence-corrected chi connectivity index (χ3v) is 4.05. The summed E-state index contributed by atoms with van der Waals surface area (Å²) in [5.41, 5.74) is 2.41. The maximum Gasteiger partial charge on any atom is 0.270 e. The zero-order valence-corrected chi connectivity index (χ0v) is 13.1. The Labute approximate surface area is 138 Å². The second-order valence-electron chi connectivity index (χ2n) is 5.68. The van der Waals surface area contributed by atoms with Gasteiger partial charge in [-0.25, -0.2) is 0 Å². The smallest absolute Gasteiger partial charge is 0.270 e. The molecule has 1 aliphatic rings. The number of aliphatic imine (C=N–C) groups is 1. The number of carbonyl (C=O) groups excluding carboxylic acids is 2. The van der Waals surface area contributed by atoms with Crippen LogP contribution in [0.25, 0.3) is 0 Å². The van der Waals surface area contributed by atoms with Crippen molar-refractivity contribution in [2.45, 2.75) is 13.8 Å². The summed E-state index contributed by atoms with van der Waals surface area (Å²) in [4.78, 5) is 39.5. The van der Waals surface area contributed by atoms with Crippen molar-refractivity contribution < 1.29 is 14.5 Å². The standard InChI is InChI=1S/C18H14N2O4/c1-10-5-3-4-6-15(10)19-17-13-8-7-12(20(23)24)9-14(13)18(22)16(17)11(2)21/h3-9,16H,1-2H3. The van der Waals surface area contributed by atoms with Crippen molar-refractivity contribution in [3.05, 3.63) is 69.3 Å². The van der Waals surface area contributed by atoms with Gasteiger partial charge in [0.05, 0.1) is 16.3 Å². The van der Waals surface area contributed by atoms with Crippen LogP contribution in [-0.4, -0.2) is 22.2 Å². The molecule has 120 valence electrons. The van der Waals surface area contributed by atoms with E-state index in [1.165, 1.54) is 25.1 Å². The zero-order chi connectivity index (χ0) is 17.4. The number of para-hydroxylation sites is 1. The van der Waals surface area contributed by atoms with Crippen LogP contribution in [0.1, 0.15) is 28.4 Å². The fraction of sp³-hybridized carbons (Fsp3) is 0.167. The number of ketones is 2. The van der Waals surface area contributed by atoms with Crippen molar-refractivity contribution in [2.75, 3.05) is 0 Å². The summed E-state index contributed by atoms with van der Waals surface area (Å²) in [7, 11) is 0. The molecule has 0 spiro atoms. The lowest BCUT2D eigenvalue weighted by Crippen LogP contribution is -2.23. The first-order valence-electron chi connectivity index (χ1n) is 7.38. The van der Waals surface area contributed by atoms with Crippen LogP contribution in [-0.2, 0) is 4.79 Å². The van der Waals surface area contributed by atoms with E-state index >= 15 is 0 Å². The second kappa shape index (κ2) is 5.81. The van der Waals surface area contributed by atoms with Crippen molar-refractivity contribution in [1.29, 1.82) is 0 Å². The molecule has 0 aromatic heterocycles. The van der Waals surface area contributed by atoms with Gasteiger partial charge in [-0.1, -0.05) is 18.2 Å². The Balaban J connectivity index is 2.22. The molecule has 0 bridgehead atoms. The van der Waals surface area contributed by atoms with E-state index in [4.69, 9.17) is 0 Å². The van der Waals surface area contributed by atoms with Crippen LogP contribution in [0, 0.1) is 23.0 Å². The molecule has 1 aliphatic carbocycles. The Hall–Kier alpha value is -3.15. The number of nitrogens with zero attached hydrogens (tertiary/aromatic N) is 2. The van der Waals surface area contributed by atoms with Gasteiger partial charge in [0.25, 0.3) is 5.69 Å². The largest absolute Gasteiger partial charge is 0.299 e. The molecule has 6 nitrogen and oxygen atoms in total. The maximum atomic E-state index is 12.6. The fourth-order valence-corrected chi connectivity index (χ4v) is 2.83. The number of nitro benzene ring substituents is 1. The van der Waals surface area contributed by atoms with Gasteiger partial charge in [0.1, 0.15) is 11.7 Å². The lowest BCUT2D eigenvalue weighted by molar-refractivity contribution is -0.384. The molecule has 0 aliphatic heterocycles. The number of fused-ring (bicyclic) bond motifs is 1. The van der Waals surface area contributed by atoms with E-state index in [1.807, 2.05) is 25.1 Å². The van der Waals surface area contributed by atoms with Gasteiger partial charge in [0, 0.05) is 23.3 Å². The number of benzene rings is 2. The van der Waals surface area contributed by atoms with E-state index in [0.717, 1.165) is 5.56 Å². The minimum Gasteiger partial charge on any atom is -0.299 e. The molecule has 0 saturated carbocycles. The summed E-state index contributed by atoms with van der Waals surface area (Å²) >= 11 is 0. The fourth-order valence-electron chi connectivity index (χ4n) is 2.83. The molecule has 0 amide bonds. The highest BCUT2D eigenvalue weighted by Crippen LogP contribution is 2.33. The molecule has 2 aromatic rings. The van der Waals surface area contributed by atoms with E-state index < -0.39 is 16.6 Å². The van der Waals surface area contributed by atoms with Gasteiger partial charge in [0.2, 0.25) is 0 Å². The van der Waals surface area contributed by atoms with Crippen LogP contribution < -0.4 is 0 Å². The first kappa shape index (κ1) is 15.7. The number of rotatable bonds is 3. The molecular weight excluding hydrogens is 308 g/mol. The van der Waals surface area contributed by atoms with Crippen molar-refractivity contribution >= 4 is 28.7 Å². The summed E-state index contributed by atoms with van der Waals surface area (Å²) in [6, 6.07) is 11.4. The number of carbonyl (C=O) groups is 2. The van der Waals surface area contributed by atoms with Crippen LogP contribution in [0.15, 0.2) is 47.5 Å². The molecule has 3 rings (SSSR count).